The van der Waals surface area contributed by atoms with E-state index in [1.54, 1.807) is 0 Å². The molecule has 0 saturated heterocycles. The predicted octanol–water partition coefficient (Wildman–Crippen LogP) is 3.38. The molecular weight excluding hydrogens is 525 g/mol. The molecule has 4 N–H and O–H groups in total. The summed E-state index contributed by atoms with van der Waals surface area (Å²) in [7, 11) is 0. The highest BCUT2D eigenvalue weighted by Crippen LogP contribution is 2.29. The zero-order valence-electron chi connectivity index (χ0n) is 23.2. The monoisotopic (exact) mass is 564 g/mol. The van der Waals surface area contributed by atoms with E-state index >= 15 is 0 Å². The fourth-order valence-corrected chi connectivity index (χ4v) is 3.91. The Balaban J connectivity index is 0.00000178. The number of ether oxygens (including phenoxy) is 1. The Bertz CT molecular complexity index is 1110. The van der Waals surface area contributed by atoms with Crippen LogP contribution in [0.5, 0.6) is 5.75 Å². The highest BCUT2D eigenvalue weighted by atomic mass is 19.4. The van der Waals surface area contributed by atoms with Gasteiger partial charge < -0.3 is 26.0 Å². The Morgan fingerprint density at radius 1 is 0.950 bits per heavy atom. The lowest BCUT2D eigenvalue weighted by atomic mass is 10.0. The molecule has 1 aliphatic rings. The third-order valence-corrected chi connectivity index (χ3v) is 5.85. The second-order valence-electron chi connectivity index (χ2n) is 9.47. The molecule has 0 aromatic heterocycles. The summed E-state index contributed by atoms with van der Waals surface area (Å²) in [5.41, 5.74) is 0.459. The van der Waals surface area contributed by atoms with Crippen molar-refractivity contribution in [1.82, 2.24) is 21.3 Å². The molecule has 1 heterocycles. The normalized spacial score (nSPS) is 19.7. The molecule has 0 radical (unpaired) electrons. The third kappa shape index (κ3) is 11.3. The van der Waals surface area contributed by atoms with Gasteiger partial charge in [0.05, 0.1) is 18.2 Å². The van der Waals surface area contributed by atoms with E-state index in [1.807, 2.05) is 24.3 Å². The third-order valence-electron chi connectivity index (χ3n) is 5.85. The Kier molecular flexibility index (Phi) is 13.4. The summed E-state index contributed by atoms with van der Waals surface area (Å²) in [5.74, 6) is -0.802. The minimum atomic E-state index is -4.51. The van der Waals surface area contributed by atoms with E-state index in [2.05, 4.69) is 35.1 Å². The predicted molar refractivity (Wildman–Crippen MR) is 147 cm³/mol. The van der Waals surface area contributed by atoms with E-state index in [1.165, 1.54) is 25.5 Å². The maximum absolute atomic E-state index is 13.2. The van der Waals surface area contributed by atoms with Gasteiger partial charge in [0.1, 0.15) is 18.4 Å². The standard InChI is InChI=1S/C26H31F3N4O4.C3H8/c1-17-24(35)31-11-5-8-19-7-2-3-10-22(19)37-13-12-30-21(25(36)32-16-23(34)33-17)15-18-6-4-9-20(14-18)26(27,28)29;1-3-2/h2-4,6-7,9-10,14,17,21,30H,5,8,11-13,15-16H2,1H3,(H,31,35)(H,32,36)(H,33,34);3H2,1-2H3. The number of amides is 3. The van der Waals surface area contributed by atoms with Gasteiger partial charge >= 0.3 is 6.18 Å². The highest BCUT2D eigenvalue weighted by molar-refractivity contribution is 5.91. The van der Waals surface area contributed by atoms with Crippen LogP contribution in [0, 0.1) is 0 Å². The molecule has 2 aromatic rings. The highest BCUT2D eigenvalue weighted by Gasteiger charge is 2.31. The largest absolute Gasteiger partial charge is 0.492 e. The number of carbonyl (C=O) groups is 3. The molecule has 2 aromatic carbocycles. The molecule has 3 rings (SSSR count). The summed E-state index contributed by atoms with van der Waals surface area (Å²) >= 11 is 0. The smallest absolute Gasteiger partial charge is 0.416 e. The summed E-state index contributed by atoms with van der Waals surface area (Å²) in [6, 6.07) is 10.5. The number of hydrogen-bond donors (Lipinski definition) is 4. The lowest BCUT2D eigenvalue weighted by molar-refractivity contribution is -0.137. The maximum atomic E-state index is 13.2. The van der Waals surface area contributed by atoms with Gasteiger partial charge in [-0.1, -0.05) is 56.7 Å². The summed E-state index contributed by atoms with van der Waals surface area (Å²) in [5, 5.41) is 10.8. The number of nitrogens with one attached hydrogen (secondary N) is 4. The number of benzene rings is 2. The Labute approximate surface area is 233 Å². The summed E-state index contributed by atoms with van der Waals surface area (Å²) < 4.78 is 45.3. The van der Waals surface area contributed by atoms with Crippen LogP contribution in [0.15, 0.2) is 48.5 Å². The van der Waals surface area contributed by atoms with Crippen molar-refractivity contribution in [2.24, 2.45) is 0 Å². The first kappa shape index (κ1) is 32.6. The van der Waals surface area contributed by atoms with Crippen molar-refractivity contribution < 1.29 is 32.3 Å². The number of hydrogen-bond acceptors (Lipinski definition) is 5. The molecule has 3 amide bonds. The molecular formula is C29H39F3N4O4. The first-order valence-electron chi connectivity index (χ1n) is 13.5. The van der Waals surface area contributed by atoms with Crippen LogP contribution in [0.2, 0.25) is 0 Å². The van der Waals surface area contributed by atoms with Gasteiger partial charge in [-0.3, -0.25) is 14.4 Å². The van der Waals surface area contributed by atoms with Crippen LogP contribution >= 0.6 is 0 Å². The fourth-order valence-electron chi connectivity index (χ4n) is 3.91. The van der Waals surface area contributed by atoms with Gasteiger partial charge in [-0.25, -0.2) is 0 Å². The Morgan fingerprint density at radius 2 is 1.68 bits per heavy atom. The van der Waals surface area contributed by atoms with Gasteiger partial charge in [-0.15, -0.1) is 0 Å². The van der Waals surface area contributed by atoms with Gasteiger partial charge in [0.2, 0.25) is 17.7 Å². The molecule has 0 saturated carbocycles. The Hall–Kier alpha value is -3.60. The molecule has 0 spiro atoms. The minimum absolute atomic E-state index is 0.0350. The van der Waals surface area contributed by atoms with Crippen LogP contribution in [0.4, 0.5) is 13.2 Å². The average molecular weight is 565 g/mol. The van der Waals surface area contributed by atoms with Crippen LogP contribution in [0.3, 0.4) is 0 Å². The number of halogens is 3. The van der Waals surface area contributed by atoms with Crippen LogP contribution in [-0.4, -0.2) is 56.0 Å². The molecule has 2 unspecified atom stereocenters. The fraction of sp³-hybridized carbons (Fsp3) is 0.483. The van der Waals surface area contributed by atoms with E-state index in [-0.39, 0.29) is 32.0 Å². The van der Waals surface area contributed by atoms with E-state index in [4.69, 9.17) is 4.74 Å². The number of rotatable bonds is 2. The molecule has 11 heteroatoms. The summed E-state index contributed by atoms with van der Waals surface area (Å²) in [6.07, 6.45) is -1.97. The first-order chi connectivity index (χ1) is 19.0. The molecule has 2 atom stereocenters. The van der Waals surface area contributed by atoms with Crippen molar-refractivity contribution in [3.05, 3.63) is 65.2 Å². The van der Waals surface area contributed by atoms with Gasteiger partial charge in [0.15, 0.2) is 0 Å². The number of carbonyl (C=O) groups excluding carboxylic acids is 3. The first-order valence-corrected chi connectivity index (χ1v) is 13.5. The van der Waals surface area contributed by atoms with Crippen molar-refractivity contribution in [3.8, 4) is 5.75 Å². The maximum Gasteiger partial charge on any atom is 0.416 e. The van der Waals surface area contributed by atoms with Crippen LogP contribution in [0.1, 0.15) is 50.3 Å². The molecule has 8 nitrogen and oxygen atoms in total. The van der Waals surface area contributed by atoms with Crippen LogP contribution in [0.25, 0.3) is 0 Å². The quantitative estimate of drug-likeness (QED) is 0.447. The second kappa shape index (κ2) is 16.5. The minimum Gasteiger partial charge on any atom is -0.492 e. The molecule has 40 heavy (non-hydrogen) atoms. The van der Waals surface area contributed by atoms with E-state index in [0.29, 0.717) is 30.7 Å². The molecule has 1 aliphatic heterocycles. The Morgan fingerprint density at radius 3 is 2.40 bits per heavy atom. The zero-order chi connectivity index (χ0) is 29.5. The SMILES string of the molecule is CC1NC(=O)CNC(=O)C(Cc2cccc(C(F)(F)F)c2)NCCOc2ccccc2CCCNC1=O.CCC. The topological polar surface area (TPSA) is 109 Å². The molecule has 220 valence electrons. The lowest BCUT2D eigenvalue weighted by Gasteiger charge is -2.21. The van der Waals surface area contributed by atoms with Crippen molar-refractivity contribution in [2.45, 2.75) is 64.7 Å². The van der Waals surface area contributed by atoms with Crippen LogP contribution < -0.4 is 26.0 Å². The number of aryl methyl sites for hydroxylation is 1. The van der Waals surface area contributed by atoms with Crippen LogP contribution in [-0.2, 0) is 33.4 Å². The second-order valence-corrected chi connectivity index (χ2v) is 9.47. The van der Waals surface area contributed by atoms with Crippen molar-refractivity contribution >= 4 is 17.7 Å². The number of fused-ring (bicyclic) bond motifs is 1. The summed E-state index contributed by atoms with van der Waals surface area (Å²) in [4.78, 5) is 37.4. The number of alkyl halides is 3. The average Bonchev–Trinajstić information content (AvgIpc) is 2.91. The van der Waals surface area contributed by atoms with Crippen molar-refractivity contribution in [1.29, 1.82) is 0 Å². The van der Waals surface area contributed by atoms with E-state index in [9.17, 15) is 27.6 Å². The number of para-hydroxylation sites is 1. The van der Waals surface area contributed by atoms with E-state index < -0.39 is 35.6 Å². The van der Waals surface area contributed by atoms with Gasteiger partial charge in [0.25, 0.3) is 0 Å². The van der Waals surface area contributed by atoms with Gasteiger partial charge in [-0.05, 0) is 49.4 Å². The lowest BCUT2D eigenvalue weighted by Crippen LogP contribution is -2.51. The molecule has 0 bridgehead atoms. The van der Waals surface area contributed by atoms with E-state index in [0.717, 1.165) is 17.7 Å². The molecule has 0 fully saturated rings. The van der Waals surface area contributed by atoms with Gasteiger partial charge in [-0.2, -0.15) is 13.2 Å². The molecule has 0 aliphatic carbocycles. The summed E-state index contributed by atoms with van der Waals surface area (Å²) in [6.45, 7) is 6.27. The zero-order valence-corrected chi connectivity index (χ0v) is 23.2. The van der Waals surface area contributed by atoms with Gasteiger partial charge in [0, 0.05) is 13.1 Å². The van der Waals surface area contributed by atoms with Crippen molar-refractivity contribution in [3.63, 3.8) is 0 Å². The van der Waals surface area contributed by atoms with Crippen molar-refractivity contribution in [2.75, 3.05) is 26.2 Å².